The van der Waals surface area contributed by atoms with Crippen LogP contribution in [0.1, 0.15) is 44.5 Å². The summed E-state index contributed by atoms with van der Waals surface area (Å²) in [6, 6.07) is 41.0. The van der Waals surface area contributed by atoms with Crippen LogP contribution < -0.4 is 9.97 Å². The van der Waals surface area contributed by atoms with Crippen molar-refractivity contribution in [3.63, 3.8) is 0 Å². The Kier molecular flexibility index (Phi) is 10.4. The smallest absolute Gasteiger partial charge is 0.167 e. The molecule has 3 aromatic carbocycles. The van der Waals surface area contributed by atoms with Gasteiger partial charge < -0.3 is 0 Å². The number of H-pyrrole nitrogens is 2. The van der Waals surface area contributed by atoms with Gasteiger partial charge in [0.2, 0.25) is 0 Å². The Morgan fingerprint density at radius 3 is 1.09 bits per heavy atom. The van der Waals surface area contributed by atoms with Gasteiger partial charge in [-0.3, -0.25) is 0 Å². The highest BCUT2D eigenvalue weighted by Crippen LogP contribution is 2.23. The molecule has 0 atom stereocenters. The molecule has 0 radical (unpaired) electrons. The lowest BCUT2D eigenvalue weighted by molar-refractivity contribution is -0.378. The standard InChI is InChI=1S/C40H44N2Si2/c1-43(2,29-37-16-12-33(13-17-37)8-10-35-20-24-41-25-21-35)31-39-6-5-7-40(28-39)32-44(3,4)30-38-18-14-34(15-19-38)9-11-36-22-26-42-27-23-36/h5-28H,29-32H2,1-4H3/p+2/b10-8-,11-9+. The van der Waals surface area contributed by atoms with Crippen LogP contribution in [-0.2, 0) is 24.2 Å². The van der Waals surface area contributed by atoms with Gasteiger partial charge in [-0.25, -0.2) is 9.97 Å². The molecule has 2 N–H and O–H groups in total. The summed E-state index contributed by atoms with van der Waals surface area (Å²) in [5.41, 5.74) is 10.8. The number of pyridine rings is 2. The lowest BCUT2D eigenvalue weighted by atomic mass is 10.1. The van der Waals surface area contributed by atoms with E-state index < -0.39 is 16.1 Å². The molecule has 2 aromatic heterocycles. The minimum Gasteiger partial charge on any atom is -0.218 e. The minimum atomic E-state index is -1.47. The van der Waals surface area contributed by atoms with E-state index in [0.717, 1.165) is 0 Å². The number of benzene rings is 3. The van der Waals surface area contributed by atoms with Gasteiger partial charge in [-0.2, -0.15) is 0 Å². The first kappa shape index (κ1) is 31.3. The first-order valence-electron chi connectivity index (χ1n) is 15.8. The molecule has 0 bridgehead atoms. The van der Waals surface area contributed by atoms with E-state index in [1.54, 1.807) is 0 Å². The van der Waals surface area contributed by atoms with Crippen molar-refractivity contribution in [2.45, 2.75) is 50.4 Å². The summed E-state index contributed by atoms with van der Waals surface area (Å²) < 4.78 is 0. The largest absolute Gasteiger partial charge is 0.218 e. The molecule has 0 saturated heterocycles. The molecule has 5 rings (SSSR count). The molecular formula is C40H46N2Si2+2. The van der Waals surface area contributed by atoms with E-state index in [0.29, 0.717) is 0 Å². The van der Waals surface area contributed by atoms with Gasteiger partial charge in [0.1, 0.15) is 0 Å². The van der Waals surface area contributed by atoms with Crippen molar-refractivity contribution < 1.29 is 9.97 Å². The highest BCUT2D eigenvalue weighted by Gasteiger charge is 2.24. The predicted octanol–water partition coefficient (Wildman–Crippen LogP) is 8.80. The van der Waals surface area contributed by atoms with Crippen LogP contribution in [0.15, 0.2) is 122 Å². The van der Waals surface area contributed by atoms with Crippen molar-refractivity contribution in [3.05, 3.63) is 166 Å². The maximum absolute atomic E-state index is 3.08. The second-order valence-electron chi connectivity index (χ2n) is 13.7. The molecular weight excluding hydrogens is 565 g/mol. The number of hydrogen-bond acceptors (Lipinski definition) is 0. The van der Waals surface area contributed by atoms with Crippen LogP contribution in [0.25, 0.3) is 24.3 Å². The van der Waals surface area contributed by atoms with Gasteiger partial charge in [-0.1, -0.05) is 146 Å². The average molecular weight is 611 g/mol. The van der Waals surface area contributed by atoms with Crippen molar-refractivity contribution in [2.75, 3.05) is 0 Å². The molecule has 2 nitrogen and oxygen atoms in total. The predicted molar refractivity (Wildman–Crippen MR) is 193 cm³/mol. The van der Waals surface area contributed by atoms with Crippen molar-refractivity contribution in [1.29, 1.82) is 0 Å². The van der Waals surface area contributed by atoms with Crippen LogP contribution in [0.5, 0.6) is 0 Å². The van der Waals surface area contributed by atoms with Gasteiger partial charge in [0.15, 0.2) is 24.8 Å². The average Bonchev–Trinajstić information content (AvgIpc) is 3.01. The molecule has 0 fully saturated rings. The molecule has 2 heterocycles. The zero-order valence-electron chi connectivity index (χ0n) is 26.7. The second kappa shape index (κ2) is 14.6. The van der Waals surface area contributed by atoms with Crippen LogP contribution in [-0.4, -0.2) is 16.1 Å². The third kappa shape index (κ3) is 9.97. The molecule has 4 heteroatoms. The fraction of sp³-hybridized carbons (Fsp3) is 0.200. The zero-order chi connectivity index (χ0) is 30.8. The van der Waals surface area contributed by atoms with Gasteiger partial charge in [-0.15, -0.1) is 0 Å². The maximum atomic E-state index is 3.08. The van der Waals surface area contributed by atoms with E-state index in [2.05, 4.69) is 158 Å². The number of aromatic amines is 2. The van der Waals surface area contributed by atoms with E-state index in [1.165, 1.54) is 68.7 Å². The van der Waals surface area contributed by atoms with E-state index in [4.69, 9.17) is 0 Å². The third-order valence-electron chi connectivity index (χ3n) is 8.11. The lowest BCUT2D eigenvalue weighted by Crippen LogP contribution is -2.34. The number of rotatable bonds is 12. The number of aromatic nitrogens is 2. The first-order chi connectivity index (χ1) is 21.2. The fourth-order valence-corrected chi connectivity index (χ4v) is 11.7. The van der Waals surface area contributed by atoms with Crippen molar-refractivity contribution >= 4 is 40.5 Å². The Bertz CT molecular complexity index is 1550. The Morgan fingerprint density at radius 1 is 0.409 bits per heavy atom. The fourth-order valence-electron chi connectivity index (χ4n) is 6.08. The van der Waals surface area contributed by atoms with E-state index >= 15 is 0 Å². The van der Waals surface area contributed by atoms with Crippen LogP contribution >= 0.6 is 0 Å². The van der Waals surface area contributed by atoms with Crippen LogP contribution in [0.3, 0.4) is 0 Å². The summed E-state index contributed by atoms with van der Waals surface area (Å²) in [5.74, 6) is 0. The van der Waals surface area contributed by atoms with E-state index in [9.17, 15) is 0 Å². The molecule has 0 amide bonds. The molecule has 0 aliphatic carbocycles. The molecule has 0 aliphatic rings. The SMILES string of the molecule is C[Si](C)(Cc1ccc(/C=C\c2cc[nH+]cc2)cc1)Cc1cccc(C[Si](C)(C)Cc2ccc(/C=C/c3cc[nH+]cc3)cc2)c1. The summed E-state index contributed by atoms with van der Waals surface area (Å²) >= 11 is 0. The summed E-state index contributed by atoms with van der Waals surface area (Å²) in [6.07, 6.45) is 16.5. The summed E-state index contributed by atoms with van der Waals surface area (Å²) in [6.45, 7) is 10.2. The van der Waals surface area contributed by atoms with Crippen LogP contribution in [0.4, 0.5) is 0 Å². The van der Waals surface area contributed by atoms with Crippen LogP contribution in [0, 0.1) is 0 Å². The van der Waals surface area contributed by atoms with Crippen LogP contribution in [0.2, 0.25) is 26.2 Å². The number of nitrogens with one attached hydrogen (secondary N) is 2. The first-order valence-corrected chi connectivity index (χ1v) is 22.6. The Hall–Kier alpha value is -4.13. The highest BCUT2D eigenvalue weighted by atomic mass is 28.3. The molecule has 0 saturated carbocycles. The normalized spacial score (nSPS) is 12.3. The Balaban J connectivity index is 1.15. The molecule has 5 aromatic rings. The zero-order valence-corrected chi connectivity index (χ0v) is 28.7. The summed E-state index contributed by atoms with van der Waals surface area (Å²) in [4.78, 5) is 6.15. The molecule has 0 aliphatic heterocycles. The van der Waals surface area contributed by atoms with Gasteiger partial charge in [0, 0.05) is 24.3 Å². The summed E-state index contributed by atoms with van der Waals surface area (Å²) in [5, 5.41) is 0. The van der Waals surface area contributed by atoms with Gasteiger partial charge in [0.05, 0.1) is 16.1 Å². The number of hydrogen-bond donors (Lipinski definition) is 0. The third-order valence-corrected chi connectivity index (χ3v) is 13.6. The molecule has 44 heavy (non-hydrogen) atoms. The Labute approximate surface area is 266 Å². The molecule has 222 valence electrons. The lowest BCUT2D eigenvalue weighted by Gasteiger charge is -2.25. The van der Waals surface area contributed by atoms with Gasteiger partial charge in [0.25, 0.3) is 0 Å². The molecule has 0 spiro atoms. The highest BCUT2D eigenvalue weighted by molar-refractivity contribution is 6.76. The molecule has 0 unspecified atom stereocenters. The Morgan fingerprint density at radius 2 is 0.727 bits per heavy atom. The minimum absolute atomic E-state index is 1.20. The monoisotopic (exact) mass is 610 g/mol. The van der Waals surface area contributed by atoms with Crippen molar-refractivity contribution in [2.24, 2.45) is 0 Å². The summed E-state index contributed by atoms with van der Waals surface area (Å²) in [7, 11) is -2.93. The quantitative estimate of drug-likeness (QED) is 0.126. The maximum Gasteiger partial charge on any atom is 0.167 e. The van der Waals surface area contributed by atoms with Gasteiger partial charge in [-0.05, 0) is 46.4 Å². The van der Waals surface area contributed by atoms with Gasteiger partial charge >= 0.3 is 0 Å². The second-order valence-corrected chi connectivity index (χ2v) is 23.7. The van der Waals surface area contributed by atoms with E-state index in [-0.39, 0.29) is 0 Å². The van der Waals surface area contributed by atoms with Crippen molar-refractivity contribution in [1.82, 2.24) is 0 Å². The van der Waals surface area contributed by atoms with Crippen molar-refractivity contribution in [3.8, 4) is 0 Å². The van der Waals surface area contributed by atoms with E-state index in [1.807, 2.05) is 24.8 Å². The topological polar surface area (TPSA) is 28.3 Å².